The minimum absolute atomic E-state index is 0.00249. The van der Waals surface area contributed by atoms with Crippen molar-refractivity contribution in [3.05, 3.63) is 65.5 Å². The van der Waals surface area contributed by atoms with Gasteiger partial charge in [0.1, 0.15) is 11.6 Å². The van der Waals surface area contributed by atoms with Gasteiger partial charge in [-0.25, -0.2) is 4.39 Å². The van der Waals surface area contributed by atoms with Gasteiger partial charge in [0, 0.05) is 30.3 Å². The van der Waals surface area contributed by atoms with Gasteiger partial charge in [-0.2, -0.15) is 0 Å². The maximum Gasteiger partial charge on any atom is 0.253 e. The quantitative estimate of drug-likeness (QED) is 0.803. The van der Waals surface area contributed by atoms with Crippen LogP contribution in [-0.4, -0.2) is 42.5 Å². The van der Waals surface area contributed by atoms with Gasteiger partial charge in [0.05, 0.1) is 6.61 Å². The second kappa shape index (κ2) is 9.54. The van der Waals surface area contributed by atoms with Crippen LogP contribution in [-0.2, 0) is 0 Å². The average molecular weight is 398 g/mol. The molecule has 0 atom stereocenters. The molecule has 2 aromatic rings. The van der Waals surface area contributed by atoms with Crippen molar-refractivity contribution in [2.24, 2.45) is 5.92 Å². The lowest BCUT2D eigenvalue weighted by Crippen LogP contribution is -2.46. The number of benzene rings is 2. The van der Waals surface area contributed by atoms with E-state index in [1.807, 2.05) is 17.0 Å². The summed E-state index contributed by atoms with van der Waals surface area (Å²) >= 11 is 0. The fourth-order valence-corrected chi connectivity index (χ4v) is 3.26. The molecule has 0 bridgehead atoms. The summed E-state index contributed by atoms with van der Waals surface area (Å²) in [6, 6.07) is 12.8. The van der Waals surface area contributed by atoms with Crippen LogP contribution in [0.15, 0.2) is 48.5 Å². The van der Waals surface area contributed by atoms with E-state index in [2.05, 4.69) is 19.2 Å². The summed E-state index contributed by atoms with van der Waals surface area (Å²) in [6.45, 7) is 5.91. The molecule has 0 radical (unpaired) electrons. The van der Waals surface area contributed by atoms with Crippen molar-refractivity contribution in [2.75, 3.05) is 19.7 Å². The Morgan fingerprint density at radius 2 is 1.79 bits per heavy atom. The summed E-state index contributed by atoms with van der Waals surface area (Å²) in [6.07, 6.45) is 1.37. The number of likely N-dealkylation sites (tertiary alicyclic amines) is 1. The van der Waals surface area contributed by atoms with E-state index in [0.717, 1.165) is 0 Å². The fraction of sp³-hybridized carbons (Fsp3) is 0.391. The van der Waals surface area contributed by atoms with Gasteiger partial charge in [-0.05, 0) is 61.2 Å². The normalized spacial score (nSPS) is 14.7. The molecule has 0 aromatic heterocycles. The van der Waals surface area contributed by atoms with E-state index < -0.39 is 0 Å². The number of carbonyl (C=O) groups is 2. The third kappa shape index (κ3) is 5.79. The van der Waals surface area contributed by atoms with Gasteiger partial charge in [0.15, 0.2) is 0 Å². The number of nitrogens with one attached hydrogen (secondary N) is 1. The highest BCUT2D eigenvalue weighted by molar-refractivity contribution is 5.95. The van der Waals surface area contributed by atoms with E-state index >= 15 is 0 Å². The first kappa shape index (κ1) is 20.8. The van der Waals surface area contributed by atoms with Crippen molar-refractivity contribution in [1.29, 1.82) is 0 Å². The first-order valence-electron chi connectivity index (χ1n) is 10.0. The highest BCUT2D eigenvalue weighted by Crippen LogP contribution is 2.19. The van der Waals surface area contributed by atoms with Crippen LogP contribution in [0.4, 0.5) is 4.39 Å². The largest absolute Gasteiger partial charge is 0.493 e. The van der Waals surface area contributed by atoms with Crippen molar-refractivity contribution < 1.29 is 18.7 Å². The van der Waals surface area contributed by atoms with Gasteiger partial charge in [0.25, 0.3) is 11.8 Å². The van der Waals surface area contributed by atoms with E-state index in [9.17, 15) is 14.0 Å². The van der Waals surface area contributed by atoms with Crippen molar-refractivity contribution in [3.63, 3.8) is 0 Å². The lowest BCUT2D eigenvalue weighted by Gasteiger charge is -2.32. The molecule has 5 nitrogen and oxygen atoms in total. The van der Waals surface area contributed by atoms with Crippen LogP contribution < -0.4 is 10.1 Å². The molecule has 154 valence electrons. The minimum Gasteiger partial charge on any atom is -0.493 e. The molecule has 6 heteroatoms. The van der Waals surface area contributed by atoms with Gasteiger partial charge in [0.2, 0.25) is 0 Å². The Hall–Kier alpha value is -2.89. The first-order chi connectivity index (χ1) is 13.9. The fourth-order valence-electron chi connectivity index (χ4n) is 3.26. The molecular weight excluding hydrogens is 371 g/mol. The van der Waals surface area contributed by atoms with E-state index in [1.54, 1.807) is 12.1 Å². The first-order valence-corrected chi connectivity index (χ1v) is 10.0. The Bertz CT molecular complexity index is 843. The predicted molar refractivity (Wildman–Crippen MR) is 110 cm³/mol. The van der Waals surface area contributed by atoms with Crippen molar-refractivity contribution in [3.8, 4) is 5.75 Å². The lowest BCUT2D eigenvalue weighted by atomic mass is 10.0. The molecule has 1 aliphatic heterocycles. The summed E-state index contributed by atoms with van der Waals surface area (Å²) in [4.78, 5) is 26.9. The van der Waals surface area contributed by atoms with Gasteiger partial charge in [-0.3, -0.25) is 9.59 Å². The molecule has 1 fully saturated rings. The minimum atomic E-state index is -0.368. The Morgan fingerprint density at radius 3 is 2.45 bits per heavy atom. The number of ether oxygens (including phenoxy) is 1. The molecule has 0 spiro atoms. The van der Waals surface area contributed by atoms with Gasteiger partial charge in [-0.1, -0.05) is 19.9 Å². The number of carbonyl (C=O) groups excluding carboxylic acids is 2. The van der Waals surface area contributed by atoms with Crippen LogP contribution in [0.5, 0.6) is 5.75 Å². The molecule has 0 aliphatic carbocycles. The molecule has 0 saturated carbocycles. The maximum absolute atomic E-state index is 13.0. The smallest absolute Gasteiger partial charge is 0.253 e. The van der Waals surface area contributed by atoms with Crippen LogP contribution in [0.25, 0.3) is 0 Å². The van der Waals surface area contributed by atoms with E-state index in [0.29, 0.717) is 55.3 Å². The summed E-state index contributed by atoms with van der Waals surface area (Å²) in [5.41, 5.74) is 1.04. The molecule has 0 unspecified atom stereocenters. The van der Waals surface area contributed by atoms with Crippen LogP contribution in [0.3, 0.4) is 0 Å². The molecule has 1 N–H and O–H groups in total. The lowest BCUT2D eigenvalue weighted by molar-refractivity contribution is 0.0697. The molecular formula is C23H27FN2O3. The molecule has 3 rings (SSSR count). The Kier molecular flexibility index (Phi) is 6.86. The van der Waals surface area contributed by atoms with Crippen molar-refractivity contribution in [2.45, 2.75) is 32.7 Å². The topological polar surface area (TPSA) is 58.6 Å². The zero-order chi connectivity index (χ0) is 20.8. The standard InChI is InChI=1S/C23H27FN2O3/c1-16(2)15-29-21-5-3-4-18(14-21)23(28)26-12-10-20(11-13-26)25-22(27)17-6-8-19(24)9-7-17/h3-9,14,16,20H,10-13,15H2,1-2H3,(H,25,27). The average Bonchev–Trinajstić information content (AvgIpc) is 2.73. The number of nitrogens with zero attached hydrogens (tertiary/aromatic N) is 1. The number of hydrogen-bond donors (Lipinski definition) is 1. The molecule has 1 aliphatic rings. The number of halogens is 1. The number of piperidine rings is 1. The second-order valence-electron chi connectivity index (χ2n) is 7.78. The zero-order valence-electron chi connectivity index (χ0n) is 16.9. The molecule has 2 amide bonds. The second-order valence-corrected chi connectivity index (χ2v) is 7.78. The molecule has 1 saturated heterocycles. The van der Waals surface area contributed by atoms with E-state index in [1.165, 1.54) is 24.3 Å². The van der Waals surface area contributed by atoms with E-state index in [4.69, 9.17) is 4.74 Å². The molecule has 1 heterocycles. The van der Waals surface area contributed by atoms with Crippen LogP contribution in [0.1, 0.15) is 47.4 Å². The Balaban J connectivity index is 1.52. The Morgan fingerprint density at radius 1 is 1.10 bits per heavy atom. The number of rotatable bonds is 6. The third-order valence-corrected chi connectivity index (χ3v) is 4.89. The monoisotopic (exact) mass is 398 g/mol. The van der Waals surface area contributed by atoms with Crippen LogP contribution in [0.2, 0.25) is 0 Å². The number of amides is 2. The zero-order valence-corrected chi connectivity index (χ0v) is 16.9. The number of hydrogen-bond acceptors (Lipinski definition) is 3. The third-order valence-electron chi connectivity index (χ3n) is 4.89. The summed E-state index contributed by atoms with van der Waals surface area (Å²) in [5, 5.41) is 2.97. The van der Waals surface area contributed by atoms with Gasteiger partial charge < -0.3 is 15.0 Å². The van der Waals surface area contributed by atoms with Crippen LogP contribution >= 0.6 is 0 Å². The van der Waals surface area contributed by atoms with Gasteiger partial charge in [-0.15, -0.1) is 0 Å². The van der Waals surface area contributed by atoms with Crippen LogP contribution in [0, 0.1) is 11.7 Å². The maximum atomic E-state index is 13.0. The van der Waals surface area contributed by atoms with Crippen molar-refractivity contribution in [1.82, 2.24) is 10.2 Å². The predicted octanol–water partition coefficient (Wildman–Crippen LogP) is 3.90. The van der Waals surface area contributed by atoms with Crippen molar-refractivity contribution >= 4 is 11.8 Å². The highest BCUT2D eigenvalue weighted by Gasteiger charge is 2.25. The van der Waals surface area contributed by atoms with Gasteiger partial charge >= 0.3 is 0 Å². The highest BCUT2D eigenvalue weighted by atomic mass is 19.1. The van der Waals surface area contributed by atoms with E-state index in [-0.39, 0.29) is 23.7 Å². The molecule has 2 aromatic carbocycles. The summed E-state index contributed by atoms with van der Waals surface area (Å²) < 4.78 is 18.7. The molecule has 29 heavy (non-hydrogen) atoms. The SMILES string of the molecule is CC(C)COc1cccc(C(=O)N2CCC(NC(=O)c3ccc(F)cc3)CC2)c1. The summed E-state index contributed by atoms with van der Waals surface area (Å²) in [5.74, 6) is 0.504. The summed E-state index contributed by atoms with van der Waals surface area (Å²) in [7, 11) is 0. The Labute approximate surface area is 170 Å².